The molecule has 2 unspecified atom stereocenters. The first kappa shape index (κ1) is 15.2. The Labute approximate surface area is 118 Å². The van der Waals surface area contributed by atoms with E-state index in [2.05, 4.69) is 5.32 Å². The van der Waals surface area contributed by atoms with Gasteiger partial charge in [0.1, 0.15) is 17.7 Å². The molecule has 0 saturated heterocycles. The first-order valence-electron chi connectivity index (χ1n) is 7.03. The van der Waals surface area contributed by atoms with Gasteiger partial charge < -0.3 is 19.9 Å². The normalized spacial score (nSPS) is 22.1. The predicted molar refractivity (Wildman–Crippen MR) is 74.3 cm³/mol. The van der Waals surface area contributed by atoms with Gasteiger partial charge in [0.2, 0.25) is 0 Å². The molecule has 1 fully saturated rings. The third-order valence-electron chi connectivity index (χ3n) is 3.45. The van der Waals surface area contributed by atoms with E-state index in [0.717, 1.165) is 24.8 Å². The molecule has 1 aromatic carbocycles. The number of aliphatic hydroxyl groups is 1. The first-order chi connectivity index (χ1) is 9.69. The molecule has 2 atom stereocenters. The van der Waals surface area contributed by atoms with Gasteiger partial charge in [-0.15, -0.1) is 0 Å². The molecule has 0 radical (unpaired) electrons. The first-order valence-corrected chi connectivity index (χ1v) is 7.03. The standard InChI is InChI=1S/C15H22FNO3/c1-19-6-5-17-10-11-7-12(16)9-13(8-11)20-15-4-2-3-14(15)18/h7-9,14-15,17-18H,2-6,10H2,1H3. The maximum Gasteiger partial charge on any atom is 0.127 e. The van der Waals surface area contributed by atoms with E-state index in [0.29, 0.717) is 25.4 Å². The molecule has 0 aromatic heterocycles. The van der Waals surface area contributed by atoms with E-state index >= 15 is 0 Å². The quantitative estimate of drug-likeness (QED) is 0.750. The summed E-state index contributed by atoms with van der Waals surface area (Å²) in [7, 11) is 1.64. The second-order valence-corrected chi connectivity index (χ2v) is 5.12. The molecule has 5 heteroatoms. The van der Waals surface area contributed by atoms with Gasteiger partial charge in [-0.05, 0) is 37.0 Å². The number of ether oxygens (including phenoxy) is 2. The van der Waals surface area contributed by atoms with Crippen LogP contribution in [-0.4, -0.2) is 37.6 Å². The lowest BCUT2D eigenvalue weighted by atomic mass is 10.2. The van der Waals surface area contributed by atoms with Crippen LogP contribution in [0.25, 0.3) is 0 Å². The van der Waals surface area contributed by atoms with E-state index < -0.39 is 6.10 Å². The van der Waals surface area contributed by atoms with Crippen LogP contribution in [0, 0.1) is 5.82 Å². The molecule has 0 spiro atoms. The minimum Gasteiger partial charge on any atom is -0.488 e. The Morgan fingerprint density at radius 3 is 2.90 bits per heavy atom. The zero-order valence-electron chi connectivity index (χ0n) is 11.8. The molecular weight excluding hydrogens is 261 g/mol. The van der Waals surface area contributed by atoms with Gasteiger partial charge in [-0.25, -0.2) is 4.39 Å². The van der Waals surface area contributed by atoms with Crippen molar-refractivity contribution in [3.8, 4) is 5.75 Å². The molecule has 1 saturated carbocycles. The summed E-state index contributed by atoms with van der Waals surface area (Å²) in [6.45, 7) is 1.89. The molecule has 0 amide bonds. The van der Waals surface area contributed by atoms with Gasteiger partial charge in [0.25, 0.3) is 0 Å². The number of benzene rings is 1. The van der Waals surface area contributed by atoms with Crippen molar-refractivity contribution in [1.82, 2.24) is 5.32 Å². The van der Waals surface area contributed by atoms with E-state index in [9.17, 15) is 9.50 Å². The van der Waals surface area contributed by atoms with Crippen molar-refractivity contribution in [2.24, 2.45) is 0 Å². The summed E-state index contributed by atoms with van der Waals surface area (Å²) in [5, 5.41) is 12.9. The number of rotatable bonds is 7. The highest BCUT2D eigenvalue weighted by Crippen LogP contribution is 2.26. The smallest absolute Gasteiger partial charge is 0.127 e. The molecule has 1 aromatic rings. The summed E-state index contributed by atoms with van der Waals surface area (Å²) < 4.78 is 24.2. The topological polar surface area (TPSA) is 50.7 Å². The average Bonchev–Trinajstić information content (AvgIpc) is 2.80. The number of hydrogen-bond acceptors (Lipinski definition) is 4. The van der Waals surface area contributed by atoms with E-state index in [4.69, 9.17) is 9.47 Å². The lowest BCUT2D eigenvalue weighted by molar-refractivity contribution is 0.0601. The highest BCUT2D eigenvalue weighted by molar-refractivity contribution is 5.30. The van der Waals surface area contributed by atoms with Gasteiger partial charge in [0, 0.05) is 26.3 Å². The molecular formula is C15H22FNO3. The second-order valence-electron chi connectivity index (χ2n) is 5.12. The maximum absolute atomic E-state index is 13.6. The highest BCUT2D eigenvalue weighted by atomic mass is 19.1. The molecule has 112 valence electrons. The van der Waals surface area contributed by atoms with Gasteiger partial charge in [-0.3, -0.25) is 0 Å². The molecule has 2 N–H and O–H groups in total. The SMILES string of the molecule is COCCNCc1cc(F)cc(OC2CCCC2O)c1. The summed E-state index contributed by atoms with van der Waals surface area (Å²) in [4.78, 5) is 0. The molecule has 4 nitrogen and oxygen atoms in total. The van der Waals surface area contributed by atoms with Gasteiger partial charge >= 0.3 is 0 Å². The zero-order valence-corrected chi connectivity index (χ0v) is 11.8. The van der Waals surface area contributed by atoms with Crippen molar-refractivity contribution >= 4 is 0 Å². The number of methoxy groups -OCH3 is 1. The van der Waals surface area contributed by atoms with Crippen LogP contribution in [0.2, 0.25) is 0 Å². The Balaban J connectivity index is 1.93. The lowest BCUT2D eigenvalue weighted by Gasteiger charge is -2.18. The number of halogens is 1. The summed E-state index contributed by atoms with van der Waals surface area (Å²) in [5.74, 6) is 0.165. The summed E-state index contributed by atoms with van der Waals surface area (Å²) in [6.07, 6.45) is 1.87. The maximum atomic E-state index is 13.6. The number of nitrogens with one attached hydrogen (secondary N) is 1. The van der Waals surface area contributed by atoms with Gasteiger partial charge in [-0.1, -0.05) is 0 Å². The Kier molecular flexibility index (Phi) is 5.76. The lowest BCUT2D eigenvalue weighted by Crippen LogP contribution is -2.25. The van der Waals surface area contributed by atoms with E-state index in [1.165, 1.54) is 12.1 Å². The summed E-state index contributed by atoms with van der Waals surface area (Å²) in [6, 6.07) is 4.66. The predicted octanol–water partition coefficient (Wildman–Crippen LogP) is 1.85. The van der Waals surface area contributed by atoms with E-state index in [1.54, 1.807) is 7.11 Å². The largest absolute Gasteiger partial charge is 0.488 e. The van der Waals surface area contributed by atoms with Crippen LogP contribution in [0.15, 0.2) is 18.2 Å². The fourth-order valence-electron chi connectivity index (χ4n) is 2.42. The van der Waals surface area contributed by atoms with Crippen LogP contribution in [0.3, 0.4) is 0 Å². The van der Waals surface area contributed by atoms with E-state index in [-0.39, 0.29) is 11.9 Å². The van der Waals surface area contributed by atoms with E-state index in [1.807, 2.05) is 6.07 Å². The molecule has 1 aliphatic carbocycles. The minimum absolute atomic E-state index is 0.217. The van der Waals surface area contributed by atoms with Crippen molar-refractivity contribution in [2.75, 3.05) is 20.3 Å². The summed E-state index contributed by atoms with van der Waals surface area (Å²) in [5.41, 5.74) is 0.823. The van der Waals surface area contributed by atoms with Gasteiger partial charge in [0.05, 0.1) is 12.7 Å². The van der Waals surface area contributed by atoms with Gasteiger partial charge in [-0.2, -0.15) is 0 Å². The molecule has 2 rings (SSSR count). The van der Waals surface area contributed by atoms with Crippen LogP contribution >= 0.6 is 0 Å². The van der Waals surface area contributed by atoms with Crippen molar-refractivity contribution in [3.63, 3.8) is 0 Å². The summed E-state index contributed by atoms with van der Waals surface area (Å²) >= 11 is 0. The molecule has 1 aliphatic rings. The van der Waals surface area contributed by atoms with Crippen LogP contribution in [-0.2, 0) is 11.3 Å². The Morgan fingerprint density at radius 1 is 1.35 bits per heavy atom. The Bertz CT molecular complexity index is 428. The fraction of sp³-hybridized carbons (Fsp3) is 0.600. The van der Waals surface area contributed by atoms with Crippen molar-refractivity contribution in [2.45, 2.75) is 38.0 Å². The van der Waals surface area contributed by atoms with Crippen molar-refractivity contribution in [1.29, 1.82) is 0 Å². The number of hydrogen-bond donors (Lipinski definition) is 2. The van der Waals surface area contributed by atoms with Crippen LogP contribution in [0.1, 0.15) is 24.8 Å². The molecule has 0 aliphatic heterocycles. The highest BCUT2D eigenvalue weighted by Gasteiger charge is 2.27. The number of aliphatic hydroxyl groups excluding tert-OH is 1. The third kappa shape index (κ3) is 4.44. The third-order valence-corrected chi connectivity index (χ3v) is 3.45. The molecule has 0 heterocycles. The van der Waals surface area contributed by atoms with Crippen molar-refractivity contribution < 1.29 is 19.0 Å². The van der Waals surface area contributed by atoms with Crippen molar-refractivity contribution in [3.05, 3.63) is 29.6 Å². The second kappa shape index (κ2) is 7.57. The monoisotopic (exact) mass is 283 g/mol. The fourth-order valence-corrected chi connectivity index (χ4v) is 2.42. The van der Waals surface area contributed by atoms with Crippen LogP contribution in [0.5, 0.6) is 5.75 Å². The molecule has 0 bridgehead atoms. The minimum atomic E-state index is -0.443. The Hall–Kier alpha value is -1.17. The zero-order chi connectivity index (χ0) is 14.4. The average molecular weight is 283 g/mol. The van der Waals surface area contributed by atoms with Crippen LogP contribution < -0.4 is 10.1 Å². The molecule has 20 heavy (non-hydrogen) atoms. The van der Waals surface area contributed by atoms with Crippen LogP contribution in [0.4, 0.5) is 4.39 Å². The van der Waals surface area contributed by atoms with Gasteiger partial charge in [0.15, 0.2) is 0 Å². The Morgan fingerprint density at radius 2 is 2.20 bits per heavy atom.